The zero-order valence-corrected chi connectivity index (χ0v) is 16.5. The van der Waals surface area contributed by atoms with Crippen molar-refractivity contribution in [3.8, 4) is 10.6 Å². The van der Waals surface area contributed by atoms with Gasteiger partial charge in [-0.3, -0.25) is 14.5 Å². The third-order valence-electron chi connectivity index (χ3n) is 4.59. The minimum Gasteiger partial charge on any atom is -0.335 e. The number of hydrogen-bond donors (Lipinski definition) is 1. The first-order valence-corrected chi connectivity index (χ1v) is 10.1. The smallest absolute Gasteiger partial charge is 0.274 e. The van der Waals surface area contributed by atoms with Crippen molar-refractivity contribution in [3.63, 3.8) is 0 Å². The minimum atomic E-state index is -0.317. The average molecular weight is 416 g/mol. The van der Waals surface area contributed by atoms with Crippen LogP contribution in [0.5, 0.6) is 0 Å². The highest BCUT2D eigenvalue weighted by atomic mass is 35.5. The van der Waals surface area contributed by atoms with Gasteiger partial charge in [-0.1, -0.05) is 23.7 Å². The van der Waals surface area contributed by atoms with Crippen LogP contribution in [-0.2, 0) is 6.54 Å². The minimum absolute atomic E-state index is 0.158. The molecular formula is C19H18ClN5O2S. The Balaban J connectivity index is 1.33. The largest absolute Gasteiger partial charge is 0.335 e. The molecule has 0 atom stereocenters. The SMILES string of the molecule is O=C(c1ccc(=O)[nH]n1)N1CCN(Cc2csc(-c3ccc(Cl)cc3)n2)CC1. The highest BCUT2D eigenvalue weighted by molar-refractivity contribution is 7.13. The second kappa shape index (κ2) is 8.22. The number of amides is 1. The van der Waals surface area contributed by atoms with Gasteiger partial charge in [0.1, 0.15) is 10.7 Å². The fourth-order valence-corrected chi connectivity index (χ4v) is 4.01. The van der Waals surface area contributed by atoms with Crippen LogP contribution < -0.4 is 5.56 Å². The Morgan fingerprint density at radius 1 is 1.11 bits per heavy atom. The maximum Gasteiger partial charge on any atom is 0.274 e. The summed E-state index contributed by atoms with van der Waals surface area (Å²) in [5.41, 5.74) is 2.03. The predicted octanol–water partition coefficient (Wildman–Crippen LogP) is 2.50. The number of carbonyl (C=O) groups excluding carboxylic acids is 1. The van der Waals surface area contributed by atoms with Gasteiger partial charge in [0.25, 0.3) is 11.5 Å². The molecule has 28 heavy (non-hydrogen) atoms. The first kappa shape index (κ1) is 18.8. The standard InChI is InChI=1S/C19H18ClN5O2S/c20-14-3-1-13(2-4-14)18-21-15(12-28-18)11-24-7-9-25(10-8-24)19(27)16-5-6-17(26)23-22-16/h1-6,12H,7-11H2,(H,23,26). The summed E-state index contributed by atoms with van der Waals surface area (Å²) >= 11 is 7.56. The Bertz CT molecular complexity index is 1000. The molecule has 0 bridgehead atoms. The molecule has 1 aliphatic rings. The highest BCUT2D eigenvalue weighted by Crippen LogP contribution is 2.25. The van der Waals surface area contributed by atoms with E-state index in [1.165, 1.54) is 12.1 Å². The summed E-state index contributed by atoms with van der Waals surface area (Å²) in [6.45, 7) is 3.52. The number of hydrogen-bond acceptors (Lipinski definition) is 6. The van der Waals surface area contributed by atoms with E-state index in [4.69, 9.17) is 16.6 Å². The number of nitrogens with one attached hydrogen (secondary N) is 1. The van der Waals surface area contributed by atoms with Crippen molar-refractivity contribution in [1.29, 1.82) is 0 Å². The van der Waals surface area contributed by atoms with E-state index in [9.17, 15) is 9.59 Å². The Hall–Kier alpha value is -2.55. The fraction of sp³-hybridized carbons (Fsp3) is 0.263. The number of rotatable bonds is 4. The predicted molar refractivity (Wildman–Crippen MR) is 109 cm³/mol. The van der Waals surface area contributed by atoms with Crippen LogP contribution in [0.4, 0.5) is 0 Å². The van der Waals surface area contributed by atoms with Crippen LogP contribution in [0.3, 0.4) is 0 Å². The zero-order valence-electron chi connectivity index (χ0n) is 15.0. The molecule has 1 aliphatic heterocycles. The van der Waals surface area contributed by atoms with E-state index in [1.807, 2.05) is 24.3 Å². The number of halogens is 1. The van der Waals surface area contributed by atoms with Crippen LogP contribution in [-0.4, -0.2) is 57.1 Å². The van der Waals surface area contributed by atoms with Gasteiger partial charge in [0.05, 0.1) is 5.69 Å². The van der Waals surface area contributed by atoms with Gasteiger partial charge in [0.15, 0.2) is 0 Å². The monoisotopic (exact) mass is 415 g/mol. The molecular weight excluding hydrogens is 398 g/mol. The summed E-state index contributed by atoms with van der Waals surface area (Å²) in [5.74, 6) is -0.158. The van der Waals surface area contributed by atoms with Gasteiger partial charge in [-0.2, -0.15) is 5.10 Å². The molecule has 2 aromatic heterocycles. The van der Waals surface area contributed by atoms with E-state index in [-0.39, 0.29) is 17.2 Å². The van der Waals surface area contributed by atoms with Crippen LogP contribution in [0.2, 0.25) is 5.02 Å². The van der Waals surface area contributed by atoms with Crippen molar-refractivity contribution < 1.29 is 4.79 Å². The molecule has 0 aliphatic carbocycles. The van der Waals surface area contributed by atoms with Crippen molar-refractivity contribution in [2.24, 2.45) is 0 Å². The molecule has 3 aromatic rings. The number of aromatic nitrogens is 3. The maximum atomic E-state index is 12.5. The van der Waals surface area contributed by atoms with Crippen molar-refractivity contribution in [2.75, 3.05) is 26.2 Å². The Morgan fingerprint density at radius 2 is 1.86 bits per heavy atom. The molecule has 0 saturated carbocycles. The molecule has 0 radical (unpaired) electrons. The number of H-pyrrole nitrogens is 1. The molecule has 1 fully saturated rings. The van der Waals surface area contributed by atoms with Crippen LogP contribution in [0, 0.1) is 0 Å². The third-order valence-corrected chi connectivity index (χ3v) is 5.78. The van der Waals surface area contributed by atoms with Gasteiger partial charge in [0, 0.05) is 54.8 Å². The summed E-state index contributed by atoms with van der Waals surface area (Å²) in [6.07, 6.45) is 0. The summed E-state index contributed by atoms with van der Waals surface area (Å²) in [7, 11) is 0. The Morgan fingerprint density at radius 3 is 2.54 bits per heavy atom. The van der Waals surface area contributed by atoms with E-state index < -0.39 is 0 Å². The van der Waals surface area contributed by atoms with Gasteiger partial charge in [-0.25, -0.2) is 10.1 Å². The normalized spacial score (nSPS) is 15.0. The molecule has 1 amide bonds. The number of aromatic amines is 1. The summed E-state index contributed by atoms with van der Waals surface area (Å²) in [4.78, 5) is 32.3. The molecule has 1 N–H and O–H groups in total. The van der Waals surface area contributed by atoms with Crippen molar-refractivity contribution >= 4 is 28.8 Å². The Kier molecular flexibility index (Phi) is 5.52. The molecule has 1 saturated heterocycles. The summed E-state index contributed by atoms with van der Waals surface area (Å²) in [5, 5.41) is 9.88. The fourth-order valence-electron chi connectivity index (χ4n) is 3.07. The van der Waals surface area contributed by atoms with Gasteiger partial charge < -0.3 is 4.90 Å². The lowest BCUT2D eigenvalue weighted by Gasteiger charge is -2.34. The second-order valence-corrected chi connectivity index (χ2v) is 7.82. The molecule has 9 heteroatoms. The van der Waals surface area contributed by atoms with E-state index >= 15 is 0 Å². The van der Waals surface area contributed by atoms with Crippen LogP contribution in [0.1, 0.15) is 16.2 Å². The van der Waals surface area contributed by atoms with Crippen LogP contribution in [0.25, 0.3) is 10.6 Å². The molecule has 0 spiro atoms. The first-order chi connectivity index (χ1) is 13.6. The first-order valence-electron chi connectivity index (χ1n) is 8.86. The van der Waals surface area contributed by atoms with E-state index in [2.05, 4.69) is 20.5 Å². The highest BCUT2D eigenvalue weighted by Gasteiger charge is 2.23. The van der Waals surface area contributed by atoms with Crippen LogP contribution >= 0.6 is 22.9 Å². The Labute approximate surface area is 170 Å². The average Bonchev–Trinajstić information content (AvgIpc) is 3.18. The van der Waals surface area contributed by atoms with Gasteiger partial charge in [-0.05, 0) is 18.2 Å². The summed E-state index contributed by atoms with van der Waals surface area (Å²) < 4.78 is 0. The van der Waals surface area contributed by atoms with Gasteiger partial charge in [0.2, 0.25) is 0 Å². The lowest BCUT2D eigenvalue weighted by molar-refractivity contribution is 0.0620. The lowest BCUT2D eigenvalue weighted by Crippen LogP contribution is -2.48. The zero-order chi connectivity index (χ0) is 19.5. The third kappa shape index (κ3) is 4.30. The lowest BCUT2D eigenvalue weighted by atomic mass is 10.2. The molecule has 144 valence electrons. The van der Waals surface area contributed by atoms with Gasteiger partial charge in [-0.15, -0.1) is 11.3 Å². The van der Waals surface area contributed by atoms with Gasteiger partial charge >= 0.3 is 0 Å². The number of benzene rings is 1. The van der Waals surface area contributed by atoms with Crippen molar-refractivity contribution in [3.05, 3.63) is 68.5 Å². The van der Waals surface area contributed by atoms with Crippen LogP contribution in [0.15, 0.2) is 46.6 Å². The number of thiazole rings is 1. The molecule has 4 rings (SSSR count). The van der Waals surface area contributed by atoms with E-state index in [1.54, 1.807) is 16.2 Å². The topological polar surface area (TPSA) is 82.2 Å². The summed E-state index contributed by atoms with van der Waals surface area (Å²) in [6, 6.07) is 10.5. The second-order valence-electron chi connectivity index (χ2n) is 6.53. The van der Waals surface area contributed by atoms with Crippen molar-refractivity contribution in [1.82, 2.24) is 25.0 Å². The number of carbonyl (C=O) groups is 1. The number of piperazine rings is 1. The molecule has 3 heterocycles. The maximum absolute atomic E-state index is 12.5. The van der Waals surface area contributed by atoms with E-state index in [0.717, 1.165) is 35.9 Å². The molecule has 0 unspecified atom stereocenters. The molecule has 7 nitrogen and oxygen atoms in total. The molecule has 1 aromatic carbocycles. The quantitative estimate of drug-likeness (QED) is 0.708. The van der Waals surface area contributed by atoms with E-state index in [0.29, 0.717) is 18.1 Å². The van der Waals surface area contributed by atoms with Crippen molar-refractivity contribution in [2.45, 2.75) is 6.54 Å². The number of nitrogens with zero attached hydrogens (tertiary/aromatic N) is 4.